The van der Waals surface area contributed by atoms with Crippen LogP contribution in [-0.2, 0) is 6.42 Å². The number of benzene rings is 1. The molecule has 0 spiro atoms. The summed E-state index contributed by atoms with van der Waals surface area (Å²) in [5, 5.41) is 2.52. The van der Waals surface area contributed by atoms with Gasteiger partial charge in [0.15, 0.2) is 0 Å². The van der Waals surface area contributed by atoms with Crippen LogP contribution in [0.5, 0.6) is 0 Å². The second kappa shape index (κ2) is 6.43. The largest absolute Gasteiger partial charge is 0.352 e. The van der Waals surface area contributed by atoms with E-state index >= 15 is 0 Å². The van der Waals surface area contributed by atoms with Crippen LogP contribution < -0.4 is 5.32 Å². The Morgan fingerprint density at radius 2 is 2.05 bits per heavy atom. The fraction of sp³-hybridized carbons (Fsp3) is 0.143. The smallest absolute Gasteiger partial charge is 0.254 e. The third-order valence-corrected chi connectivity index (χ3v) is 2.94. The summed E-state index contributed by atoms with van der Waals surface area (Å²) in [6, 6.07) is 7.11. The fourth-order valence-corrected chi connectivity index (χ4v) is 1.88. The van der Waals surface area contributed by atoms with Crippen LogP contribution in [0.4, 0.5) is 8.78 Å². The molecular weight excluding hydrogens is 286 g/mol. The van der Waals surface area contributed by atoms with Gasteiger partial charge in [0.25, 0.3) is 5.91 Å². The third kappa shape index (κ3) is 3.74. The number of rotatable bonds is 4. The van der Waals surface area contributed by atoms with Crippen LogP contribution in [0.25, 0.3) is 0 Å². The first-order valence-electron chi connectivity index (χ1n) is 5.90. The van der Waals surface area contributed by atoms with Crippen LogP contribution in [0, 0.1) is 11.6 Å². The zero-order chi connectivity index (χ0) is 14.5. The first kappa shape index (κ1) is 14.4. The van der Waals surface area contributed by atoms with E-state index in [1.807, 2.05) is 0 Å². The second-order valence-corrected chi connectivity index (χ2v) is 4.49. The molecule has 20 heavy (non-hydrogen) atoms. The Morgan fingerprint density at radius 3 is 2.80 bits per heavy atom. The quantitative estimate of drug-likeness (QED) is 0.881. The normalized spacial score (nSPS) is 10.3. The van der Waals surface area contributed by atoms with Crippen LogP contribution in [0.1, 0.15) is 15.9 Å². The lowest BCUT2D eigenvalue weighted by Crippen LogP contribution is -2.26. The van der Waals surface area contributed by atoms with Gasteiger partial charge in [-0.3, -0.25) is 4.79 Å². The molecular formula is C14H11ClF2N2O. The van der Waals surface area contributed by atoms with Crippen molar-refractivity contribution < 1.29 is 13.6 Å². The molecule has 1 N–H and O–H groups in total. The third-order valence-electron chi connectivity index (χ3n) is 2.64. The number of nitrogens with zero attached hydrogens (tertiary/aromatic N) is 1. The van der Waals surface area contributed by atoms with E-state index in [4.69, 9.17) is 11.6 Å². The number of hydrogen-bond acceptors (Lipinski definition) is 2. The van der Waals surface area contributed by atoms with Crippen LogP contribution >= 0.6 is 11.6 Å². The molecule has 104 valence electrons. The zero-order valence-electron chi connectivity index (χ0n) is 10.4. The van der Waals surface area contributed by atoms with Crippen molar-refractivity contribution >= 4 is 17.5 Å². The number of halogens is 3. The van der Waals surface area contributed by atoms with E-state index < -0.39 is 11.7 Å². The molecule has 0 aliphatic carbocycles. The van der Waals surface area contributed by atoms with E-state index in [1.165, 1.54) is 12.1 Å². The highest BCUT2D eigenvalue weighted by Crippen LogP contribution is 2.13. The van der Waals surface area contributed by atoms with Gasteiger partial charge in [0.1, 0.15) is 16.8 Å². The van der Waals surface area contributed by atoms with E-state index in [2.05, 4.69) is 10.3 Å². The zero-order valence-corrected chi connectivity index (χ0v) is 11.1. The van der Waals surface area contributed by atoms with Crippen molar-refractivity contribution in [3.8, 4) is 0 Å². The standard InChI is InChI=1S/C14H11ClF2N2O/c15-13-12(7-11(17)8-19-13)14(20)18-5-4-9-2-1-3-10(16)6-9/h1-3,6-8H,4-5H2,(H,18,20). The Kier molecular flexibility index (Phi) is 4.63. The van der Waals surface area contributed by atoms with Gasteiger partial charge in [0.05, 0.1) is 11.8 Å². The molecule has 0 radical (unpaired) electrons. The topological polar surface area (TPSA) is 42.0 Å². The van der Waals surface area contributed by atoms with Gasteiger partial charge in [-0.15, -0.1) is 0 Å². The summed E-state index contributed by atoms with van der Waals surface area (Å²) in [6.07, 6.45) is 1.40. The van der Waals surface area contributed by atoms with Gasteiger partial charge in [0, 0.05) is 6.54 Å². The highest BCUT2D eigenvalue weighted by molar-refractivity contribution is 6.32. The van der Waals surface area contributed by atoms with Crippen LogP contribution in [0.3, 0.4) is 0 Å². The number of nitrogens with one attached hydrogen (secondary N) is 1. The lowest BCUT2D eigenvalue weighted by atomic mass is 10.1. The molecule has 3 nitrogen and oxygen atoms in total. The lowest BCUT2D eigenvalue weighted by Gasteiger charge is -2.06. The van der Waals surface area contributed by atoms with Gasteiger partial charge in [0.2, 0.25) is 0 Å². The molecule has 2 aromatic rings. The van der Waals surface area contributed by atoms with Gasteiger partial charge in [-0.25, -0.2) is 13.8 Å². The van der Waals surface area contributed by atoms with Gasteiger partial charge < -0.3 is 5.32 Å². The summed E-state index contributed by atoms with van der Waals surface area (Å²) in [5.41, 5.74) is 0.736. The highest BCUT2D eigenvalue weighted by atomic mass is 35.5. The molecule has 0 atom stereocenters. The minimum Gasteiger partial charge on any atom is -0.352 e. The minimum atomic E-state index is -0.635. The molecule has 0 aliphatic rings. The summed E-state index contributed by atoms with van der Waals surface area (Å²) in [5.74, 6) is -1.48. The molecule has 1 heterocycles. The molecule has 1 amide bonds. The molecule has 0 saturated carbocycles. The van der Waals surface area contributed by atoms with E-state index in [0.717, 1.165) is 17.8 Å². The Bertz CT molecular complexity index is 634. The summed E-state index contributed by atoms with van der Waals surface area (Å²) in [6.45, 7) is 0.287. The van der Waals surface area contributed by atoms with Crippen molar-refractivity contribution in [2.24, 2.45) is 0 Å². The monoisotopic (exact) mass is 296 g/mol. The molecule has 0 aliphatic heterocycles. The first-order chi connectivity index (χ1) is 9.56. The van der Waals surface area contributed by atoms with Crippen molar-refractivity contribution in [3.63, 3.8) is 0 Å². The number of aromatic nitrogens is 1. The Labute approximate surface area is 119 Å². The maximum Gasteiger partial charge on any atom is 0.254 e. The fourth-order valence-electron chi connectivity index (χ4n) is 1.69. The molecule has 0 unspecified atom stereocenters. The van der Waals surface area contributed by atoms with E-state index in [1.54, 1.807) is 12.1 Å². The molecule has 1 aromatic carbocycles. The van der Waals surface area contributed by atoms with Gasteiger partial charge in [-0.2, -0.15) is 0 Å². The van der Waals surface area contributed by atoms with Crippen LogP contribution in [0.15, 0.2) is 36.5 Å². The number of amides is 1. The predicted molar refractivity (Wildman–Crippen MR) is 71.6 cm³/mol. The molecule has 0 fully saturated rings. The molecule has 0 saturated heterocycles. The number of pyridine rings is 1. The summed E-state index contributed by atoms with van der Waals surface area (Å²) in [4.78, 5) is 15.4. The van der Waals surface area contributed by atoms with Gasteiger partial charge in [-0.05, 0) is 30.2 Å². The van der Waals surface area contributed by atoms with Gasteiger partial charge >= 0.3 is 0 Å². The van der Waals surface area contributed by atoms with Gasteiger partial charge in [-0.1, -0.05) is 23.7 Å². The summed E-state index contributed by atoms with van der Waals surface area (Å²) >= 11 is 5.72. The molecule has 6 heteroatoms. The average molecular weight is 297 g/mol. The molecule has 1 aromatic heterocycles. The van der Waals surface area contributed by atoms with Crippen molar-refractivity contribution in [1.29, 1.82) is 0 Å². The first-order valence-corrected chi connectivity index (χ1v) is 6.28. The van der Waals surface area contributed by atoms with Crippen LogP contribution in [-0.4, -0.2) is 17.4 Å². The molecule has 2 rings (SSSR count). The Hall–Kier alpha value is -2.01. The Balaban J connectivity index is 1.94. The van der Waals surface area contributed by atoms with Crippen LogP contribution in [0.2, 0.25) is 5.15 Å². The molecule has 0 bridgehead atoms. The Morgan fingerprint density at radius 1 is 1.25 bits per heavy atom. The van der Waals surface area contributed by atoms with E-state index in [9.17, 15) is 13.6 Å². The summed E-state index contributed by atoms with van der Waals surface area (Å²) in [7, 11) is 0. The SMILES string of the molecule is O=C(NCCc1cccc(F)c1)c1cc(F)cnc1Cl. The van der Waals surface area contributed by atoms with Crippen molar-refractivity contribution in [1.82, 2.24) is 10.3 Å². The minimum absolute atomic E-state index is 0.0223. The predicted octanol–water partition coefficient (Wildman–Crippen LogP) is 2.99. The maximum absolute atomic E-state index is 13.0. The number of carbonyl (C=O) groups excluding carboxylic acids is 1. The van der Waals surface area contributed by atoms with E-state index in [-0.39, 0.29) is 23.1 Å². The number of hydrogen-bond donors (Lipinski definition) is 1. The average Bonchev–Trinajstić information content (AvgIpc) is 2.41. The van der Waals surface area contributed by atoms with Crippen molar-refractivity contribution in [3.05, 3.63) is 64.4 Å². The lowest BCUT2D eigenvalue weighted by molar-refractivity contribution is 0.0953. The highest BCUT2D eigenvalue weighted by Gasteiger charge is 2.12. The second-order valence-electron chi connectivity index (χ2n) is 4.13. The van der Waals surface area contributed by atoms with E-state index in [0.29, 0.717) is 6.42 Å². The summed E-state index contributed by atoms with van der Waals surface area (Å²) < 4.78 is 26.0. The van der Waals surface area contributed by atoms with Crippen molar-refractivity contribution in [2.45, 2.75) is 6.42 Å². The maximum atomic E-state index is 13.0. The van der Waals surface area contributed by atoms with Crippen molar-refractivity contribution in [2.75, 3.05) is 6.54 Å². The number of carbonyl (C=O) groups is 1.